The van der Waals surface area contributed by atoms with Crippen molar-refractivity contribution >= 4 is 29.1 Å². The van der Waals surface area contributed by atoms with E-state index < -0.39 is 13.2 Å². The van der Waals surface area contributed by atoms with Gasteiger partial charge in [-0.2, -0.15) is 0 Å². The molecule has 4 heteroatoms. The fourth-order valence-corrected chi connectivity index (χ4v) is 8.77. The molecule has 3 rings (SSSR count). The Morgan fingerprint density at radius 1 is 0.600 bits per heavy atom. The number of carboxylic acids is 1. The van der Waals surface area contributed by atoms with Crippen LogP contribution in [0.25, 0.3) is 0 Å². The predicted octanol–water partition coefficient (Wildman–Crippen LogP) is 4.61. The van der Waals surface area contributed by atoms with E-state index in [1.807, 2.05) is 0 Å². The molecule has 2 nitrogen and oxygen atoms in total. The lowest BCUT2D eigenvalue weighted by molar-refractivity contribution is -0.137. The molecular weight excluding hydrogens is 515 g/mol. The summed E-state index contributed by atoms with van der Waals surface area (Å²) in [6, 6.07) is 32.2. The van der Waals surface area contributed by atoms with E-state index in [0.717, 1.165) is 12.6 Å². The molecule has 0 unspecified atom stereocenters. The Balaban J connectivity index is 0.000000590. The molecule has 0 aromatic heterocycles. The lowest BCUT2D eigenvalue weighted by Gasteiger charge is -2.27. The molecule has 0 heterocycles. The number of rotatable bonds is 13. The fourth-order valence-electron chi connectivity index (χ4n) is 4.36. The molecule has 0 aliphatic rings. The maximum Gasteiger partial charge on any atom is 0.303 e. The number of hydrogen-bond acceptors (Lipinski definition) is 1. The van der Waals surface area contributed by atoms with Crippen LogP contribution in [-0.4, -0.2) is 17.2 Å². The molecule has 0 amide bonds. The Morgan fingerprint density at radius 3 is 1.29 bits per heavy atom. The first-order valence-corrected chi connectivity index (χ1v) is 14.9. The van der Waals surface area contributed by atoms with Crippen molar-refractivity contribution in [2.45, 2.75) is 71.6 Å². The van der Waals surface area contributed by atoms with E-state index in [1.54, 1.807) is 0 Å². The van der Waals surface area contributed by atoms with Crippen molar-refractivity contribution in [2.75, 3.05) is 6.16 Å². The first-order chi connectivity index (χ1) is 16.6. The van der Waals surface area contributed by atoms with Crippen molar-refractivity contribution in [1.82, 2.24) is 0 Å². The van der Waals surface area contributed by atoms with Gasteiger partial charge in [0.1, 0.15) is 23.2 Å². The van der Waals surface area contributed by atoms with E-state index in [0.29, 0.717) is 6.42 Å². The van der Waals surface area contributed by atoms with Crippen molar-refractivity contribution in [3.05, 3.63) is 91.0 Å². The second-order valence-corrected chi connectivity index (χ2v) is 12.4. The topological polar surface area (TPSA) is 37.3 Å². The average molecular weight is 558 g/mol. The monoisotopic (exact) mass is 556 g/mol. The summed E-state index contributed by atoms with van der Waals surface area (Å²) in [4.78, 5) is 10.9. The average Bonchev–Trinajstić information content (AvgIpc) is 2.89. The number of carboxylic acid groups (broad SMARTS) is 1. The zero-order valence-electron chi connectivity index (χ0n) is 21.4. The zero-order valence-corrected chi connectivity index (χ0v) is 23.9. The van der Waals surface area contributed by atoms with Gasteiger partial charge in [0.05, 0.1) is 6.16 Å². The molecule has 35 heavy (non-hydrogen) atoms. The third-order valence-electron chi connectivity index (χ3n) is 6.18. The van der Waals surface area contributed by atoms with Crippen molar-refractivity contribution in [2.24, 2.45) is 0 Å². The predicted molar refractivity (Wildman–Crippen MR) is 151 cm³/mol. The summed E-state index contributed by atoms with van der Waals surface area (Å²) in [5.41, 5.74) is 0. The Kier molecular flexibility index (Phi) is 16.3. The number of halogens is 1. The van der Waals surface area contributed by atoms with Crippen LogP contribution >= 0.6 is 7.26 Å². The van der Waals surface area contributed by atoms with Crippen LogP contribution in [0.4, 0.5) is 0 Å². The van der Waals surface area contributed by atoms with Crippen LogP contribution in [0.15, 0.2) is 91.0 Å². The van der Waals surface area contributed by atoms with Gasteiger partial charge in [0.2, 0.25) is 0 Å². The van der Waals surface area contributed by atoms with Crippen LogP contribution in [0.1, 0.15) is 71.6 Å². The molecule has 0 atom stereocenters. The van der Waals surface area contributed by atoms with Gasteiger partial charge in [0.25, 0.3) is 0 Å². The normalized spacial score (nSPS) is 10.6. The Hall–Kier alpha value is -1.96. The van der Waals surface area contributed by atoms with E-state index in [9.17, 15) is 4.79 Å². The molecule has 0 aliphatic carbocycles. The van der Waals surface area contributed by atoms with Gasteiger partial charge in [0.15, 0.2) is 0 Å². The van der Waals surface area contributed by atoms with E-state index in [4.69, 9.17) is 5.11 Å². The summed E-state index contributed by atoms with van der Waals surface area (Å²) in [5.74, 6) is -0.715. The number of benzene rings is 3. The van der Waals surface area contributed by atoms with Gasteiger partial charge >= 0.3 is 5.97 Å². The summed E-state index contributed by atoms with van der Waals surface area (Å²) < 4.78 is 0. The molecule has 0 bridgehead atoms. The first kappa shape index (κ1) is 31.1. The van der Waals surface area contributed by atoms with Crippen molar-refractivity contribution in [3.8, 4) is 0 Å². The molecule has 1 N–H and O–H groups in total. The van der Waals surface area contributed by atoms with Gasteiger partial charge < -0.3 is 22.1 Å². The third-order valence-corrected chi connectivity index (χ3v) is 10.7. The molecule has 0 spiro atoms. The lowest BCUT2D eigenvalue weighted by atomic mass is 10.1. The molecule has 0 radical (unpaired) electrons. The molecule has 190 valence electrons. The van der Waals surface area contributed by atoms with Gasteiger partial charge in [0, 0.05) is 6.42 Å². The summed E-state index contributed by atoms with van der Waals surface area (Å²) >= 11 is 0. The van der Waals surface area contributed by atoms with Crippen molar-refractivity contribution in [3.63, 3.8) is 0 Å². The fraction of sp³-hybridized carbons (Fsp3) is 0.387. The maximum atomic E-state index is 10.9. The summed E-state index contributed by atoms with van der Waals surface area (Å²) in [7, 11) is -1.81. The minimum absolute atomic E-state index is 0. The van der Waals surface area contributed by atoms with E-state index in [2.05, 4.69) is 105 Å². The Bertz CT molecular complexity index is 814. The summed E-state index contributed by atoms with van der Waals surface area (Å²) in [6.45, 7) is 4.51. The SMILES string of the molecule is CCCCCCCC.O=C(O)CCCC[P+](c1ccccc1)(c1ccccc1)c1ccccc1.[Br-]. The summed E-state index contributed by atoms with van der Waals surface area (Å²) in [5, 5.41) is 13.1. The van der Waals surface area contributed by atoms with Crippen LogP contribution in [0.3, 0.4) is 0 Å². The molecule has 3 aromatic rings. The van der Waals surface area contributed by atoms with Gasteiger partial charge in [-0.05, 0) is 49.2 Å². The van der Waals surface area contributed by atoms with E-state index >= 15 is 0 Å². The highest BCUT2D eigenvalue weighted by atomic mass is 79.9. The highest BCUT2D eigenvalue weighted by Crippen LogP contribution is 2.55. The number of unbranched alkanes of at least 4 members (excludes halogenated alkanes) is 6. The van der Waals surface area contributed by atoms with Gasteiger partial charge in [-0.3, -0.25) is 4.79 Å². The highest BCUT2D eigenvalue weighted by Gasteiger charge is 2.44. The largest absolute Gasteiger partial charge is 1.00 e. The number of aliphatic carboxylic acids is 1. The van der Waals surface area contributed by atoms with Crippen molar-refractivity contribution < 1.29 is 26.9 Å². The first-order valence-electron chi connectivity index (χ1n) is 12.9. The molecular formula is C31H42BrO2P. The zero-order chi connectivity index (χ0) is 24.5. The molecule has 0 aliphatic heterocycles. The Morgan fingerprint density at radius 2 is 0.971 bits per heavy atom. The maximum absolute atomic E-state index is 10.9. The summed E-state index contributed by atoms with van der Waals surface area (Å²) in [6.07, 6.45) is 11.3. The Labute approximate surface area is 224 Å². The van der Waals surface area contributed by atoms with E-state index in [1.165, 1.54) is 54.4 Å². The third kappa shape index (κ3) is 10.3. The standard InChI is InChI=1S/C23H23O2P.C8H18.BrH/c24-23(25)18-10-11-19-26(20-12-4-1-5-13-20,21-14-6-2-7-15-21)22-16-8-3-9-17-22;1-3-5-7-8-6-4-2;/h1-9,12-17H,10-11,18-19H2;3-8H2,1-2H3;1H. The van der Waals surface area contributed by atoms with Crippen LogP contribution in [0.2, 0.25) is 0 Å². The quantitative estimate of drug-likeness (QED) is 0.246. The van der Waals surface area contributed by atoms with Gasteiger partial charge in [-0.25, -0.2) is 0 Å². The van der Waals surface area contributed by atoms with Crippen molar-refractivity contribution in [1.29, 1.82) is 0 Å². The van der Waals surface area contributed by atoms with Crippen LogP contribution < -0.4 is 32.9 Å². The van der Waals surface area contributed by atoms with Crippen LogP contribution in [0.5, 0.6) is 0 Å². The van der Waals surface area contributed by atoms with Crippen LogP contribution in [0, 0.1) is 0 Å². The smallest absolute Gasteiger partial charge is 0.303 e. The highest BCUT2D eigenvalue weighted by molar-refractivity contribution is 7.95. The second-order valence-electron chi connectivity index (χ2n) is 8.81. The molecule has 0 fully saturated rings. The van der Waals surface area contributed by atoms with Crippen LogP contribution in [-0.2, 0) is 4.79 Å². The minimum atomic E-state index is -1.81. The molecule has 0 saturated heterocycles. The number of carbonyl (C=O) groups is 1. The lowest BCUT2D eigenvalue weighted by Crippen LogP contribution is -3.00. The molecule has 0 saturated carbocycles. The van der Waals surface area contributed by atoms with E-state index in [-0.39, 0.29) is 23.4 Å². The minimum Gasteiger partial charge on any atom is -1.00 e. The second kappa shape index (κ2) is 18.3. The van der Waals surface area contributed by atoms with Gasteiger partial charge in [-0.1, -0.05) is 107 Å². The molecule has 3 aromatic carbocycles. The number of hydrogen-bond donors (Lipinski definition) is 1. The van der Waals surface area contributed by atoms with Gasteiger partial charge in [-0.15, -0.1) is 0 Å².